The molecule has 0 radical (unpaired) electrons. The van der Waals surface area contributed by atoms with Gasteiger partial charge in [-0.3, -0.25) is 0 Å². The second-order valence-corrected chi connectivity index (χ2v) is 5.11. The lowest BCUT2D eigenvalue weighted by Crippen LogP contribution is -2.40. The van der Waals surface area contributed by atoms with E-state index in [1.54, 1.807) is 0 Å². The first-order chi connectivity index (χ1) is 9.97. The minimum absolute atomic E-state index is 0.0294. The van der Waals surface area contributed by atoms with Crippen LogP contribution in [0.15, 0.2) is 18.2 Å². The van der Waals surface area contributed by atoms with Crippen LogP contribution in [0.5, 0.6) is 5.75 Å². The van der Waals surface area contributed by atoms with Crippen LogP contribution in [0, 0.1) is 0 Å². The van der Waals surface area contributed by atoms with Crippen LogP contribution in [0.3, 0.4) is 0 Å². The van der Waals surface area contributed by atoms with Crippen molar-refractivity contribution in [2.45, 2.75) is 37.8 Å². The van der Waals surface area contributed by atoms with Gasteiger partial charge < -0.3 is 26.0 Å². The monoisotopic (exact) mass is 294 g/mol. The van der Waals surface area contributed by atoms with Crippen molar-refractivity contribution in [3.63, 3.8) is 0 Å². The summed E-state index contributed by atoms with van der Waals surface area (Å²) in [6, 6.07) is 3.58. The molecule has 0 aliphatic heterocycles. The number of hydrogen-bond acceptors (Lipinski definition) is 4. The maximum Gasteiger partial charge on any atom is 0.339 e. The molecule has 1 aliphatic rings. The molecule has 0 atom stereocenters. The fourth-order valence-electron chi connectivity index (χ4n) is 2.38. The molecular formula is C14H18N2O5. The van der Waals surface area contributed by atoms with Crippen LogP contribution in [0.2, 0.25) is 0 Å². The van der Waals surface area contributed by atoms with Crippen molar-refractivity contribution in [2.24, 2.45) is 0 Å². The summed E-state index contributed by atoms with van der Waals surface area (Å²) in [4.78, 5) is 22.7. The van der Waals surface area contributed by atoms with Gasteiger partial charge in [-0.2, -0.15) is 0 Å². The second-order valence-electron chi connectivity index (χ2n) is 5.11. The number of phenols is 1. The number of aromatic carboxylic acids is 1. The van der Waals surface area contributed by atoms with Gasteiger partial charge in [0.1, 0.15) is 5.56 Å². The summed E-state index contributed by atoms with van der Waals surface area (Å²) >= 11 is 0. The predicted molar refractivity (Wildman–Crippen MR) is 75.5 cm³/mol. The van der Waals surface area contributed by atoms with Gasteiger partial charge in [0.25, 0.3) is 0 Å². The Morgan fingerprint density at radius 2 is 1.81 bits per heavy atom. The third-order valence-electron chi connectivity index (χ3n) is 3.55. The molecule has 1 aliphatic carbocycles. The van der Waals surface area contributed by atoms with E-state index < -0.39 is 17.7 Å². The number of hydrogen-bond donors (Lipinski definition) is 5. The zero-order valence-electron chi connectivity index (χ0n) is 11.4. The van der Waals surface area contributed by atoms with Gasteiger partial charge >= 0.3 is 12.0 Å². The number of aliphatic hydroxyl groups excluding tert-OH is 1. The van der Waals surface area contributed by atoms with Gasteiger partial charge in [-0.1, -0.05) is 6.07 Å². The summed E-state index contributed by atoms with van der Waals surface area (Å²) in [6.45, 7) is 0. The molecule has 1 aromatic carbocycles. The van der Waals surface area contributed by atoms with Gasteiger partial charge in [0.15, 0.2) is 5.75 Å². The molecule has 2 rings (SSSR count). The average Bonchev–Trinajstić information content (AvgIpc) is 2.43. The van der Waals surface area contributed by atoms with E-state index in [0.29, 0.717) is 25.7 Å². The molecule has 1 saturated carbocycles. The van der Waals surface area contributed by atoms with Crippen molar-refractivity contribution in [1.29, 1.82) is 0 Å². The van der Waals surface area contributed by atoms with Crippen LogP contribution < -0.4 is 10.6 Å². The second kappa shape index (κ2) is 6.45. The van der Waals surface area contributed by atoms with Crippen molar-refractivity contribution in [2.75, 3.05) is 5.32 Å². The standard InChI is InChI=1S/C14H18N2O5/c17-9-6-4-8(5-7-9)15-14(21)16-11-3-1-2-10(12(11)18)13(19)20/h1-3,8-9,17-18H,4-7H2,(H,19,20)(H2,15,16,21). The normalized spacial score (nSPS) is 21.6. The fourth-order valence-corrected chi connectivity index (χ4v) is 2.38. The largest absolute Gasteiger partial charge is 0.505 e. The van der Waals surface area contributed by atoms with E-state index in [-0.39, 0.29) is 23.4 Å². The molecule has 0 unspecified atom stereocenters. The lowest BCUT2D eigenvalue weighted by Gasteiger charge is -2.26. The number of para-hydroxylation sites is 1. The van der Waals surface area contributed by atoms with E-state index in [2.05, 4.69) is 10.6 Å². The van der Waals surface area contributed by atoms with Crippen LogP contribution in [0.25, 0.3) is 0 Å². The number of carbonyl (C=O) groups excluding carboxylic acids is 1. The van der Waals surface area contributed by atoms with Gasteiger partial charge in [0.05, 0.1) is 11.8 Å². The Labute approximate surface area is 121 Å². The van der Waals surface area contributed by atoms with Crippen molar-refractivity contribution >= 4 is 17.7 Å². The Morgan fingerprint density at radius 3 is 2.43 bits per heavy atom. The number of rotatable bonds is 3. The summed E-state index contributed by atoms with van der Waals surface area (Å²) in [6.07, 6.45) is 2.36. The SMILES string of the molecule is O=C(Nc1cccc(C(=O)O)c1O)NC1CCC(O)CC1. The van der Waals surface area contributed by atoms with Gasteiger partial charge in [0.2, 0.25) is 0 Å². The number of carboxylic acids is 1. The molecule has 0 heterocycles. The molecule has 0 aromatic heterocycles. The van der Waals surface area contributed by atoms with Crippen molar-refractivity contribution in [3.8, 4) is 5.75 Å². The average molecular weight is 294 g/mol. The number of carbonyl (C=O) groups is 2. The van der Waals surface area contributed by atoms with E-state index in [1.165, 1.54) is 18.2 Å². The Morgan fingerprint density at radius 1 is 1.14 bits per heavy atom. The van der Waals surface area contributed by atoms with Crippen LogP contribution in [-0.2, 0) is 0 Å². The molecule has 0 bridgehead atoms. The summed E-state index contributed by atoms with van der Waals surface area (Å²) in [5.41, 5.74) is -0.225. The van der Waals surface area contributed by atoms with Crippen LogP contribution >= 0.6 is 0 Å². The number of benzene rings is 1. The zero-order chi connectivity index (χ0) is 15.4. The molecular weight excluding hydrogens is 276 g/mol. The number of urea groups is 1. The fraction of sp³-hybridized carbons (Fsp3) is 0.429. The van der Waals surface area contributed by atoms with Crippen LogP contribution in [-0.4, -0.2) is 39.5 Å². The molecule has 114 valence electrons. The number of carboxylic acid groups (broad SMARTS) is 1. The summed E-state index contributed by atoms with van der Waals surface area (Å²) < 4.78 is 0. The third-order valence-corrected chi connectivity index (χ3v) is 3.55. The predicted octanol–water partition coefficient (Wildman–Crippen LogP) is 1.52. The Hall–Kier alpha value is -2.28. The number of anilines is 1. The van der Waals surface area contributed by atoms with E-state index >= 15 is 0 Å². The van der Waals surface area contributed by atoms with Crippen molar-refractivity contribution in [3.05, 3.63) is 23.8 Å². The first-order valence-corrected chi connectivity index (χ1v) is 6.78. The summed E-state index contributed by atoms with van der Waals surface area (Å²) in [5.74, 6) is -1.74. The van der Waals surface area contributed by atoms with E-state index in [4.69, 9.17) is 5.11 Å². The lowest BCUT2D eigenvalue weighted by molar-refractivity contribution is 0.0693. The number of aromatic hydroxyl groups is 1. The zero-order valence-corrected chi connectivity index (χ0v) is 11.4. The highest BCUT2D eigenvalue weighted by atomic mass is 16.4. The minimum Gasteiger partial charge on any atom is -0.505 e. The molecule has 0 spiro atoms. The molecule has 2 amide bonds. The quantitative estimate of drug-likeness (QED) is 0.541. The molecule has 1 aromatic rings. The summed E-state index contributed by atoms with van der Waals surface area (Å²) in [7, 11) is 0. The van der Waals surface area contributed by atoms with Crippen molar-refractivity contribution < 1.29 is 24.9 Å². The highest BCUT2D eigenvalue weighted by Gasteiger charge is 2.21. The highest BCUT2D eigenvalue weighted by Crippen LogP contribution is 2.27. The van der Waals surface area contributed by atoms with E-state index in [9.17, 15) is 19.8 Å². The number of nitrogens with one attached hydrogen (secondary N) is 2. The molecule has 7 heteroatoms. The Bertz CT molecular complexity index is 538. The molecule has 21 heavy (non-hydrogen) atoms. The van der Waals surface area contributed by atoms with E-state index in [0.717, 1.165) is 0 Å². The third kappa shape index (κ3) is 3.85. The maximum atomic E-state index is 11.9. The lowest BCUT2D eigenvalue weighted by atomic mass is 9.93. The Balaban J connectivity index is 1.97. The number of aliphatic hydroxyl groups is 1. The molecule has 7 nitrogen and oxygen atoms in total. The Kier molecular flexibility index (Phi) is 4.64. The van der Waals surface area contributed by atoms with Crippen LogP contribution in [0.1, 0.15) is 36.0 Å². The highest BCUT2D eigenvalue weighted by molar-refractivity contribution is 5.97. The smallest absolute Gasteiger partial charge is 0.339 e. The van der Waals surface area contributed by atoms with E-state index in [1.807, 2.05) is 0 Å². The topological polar surface area (TPSA) is 119 Å². The van der Waals surface area contributed by atoms with Crippen molar-refractivity contribution in [1.82, 2.24) is 5.32 Å². The maximum absolute atomic E-state index is 11.9. The molecule has 5 N–H and O–H groups in total. The number of amides is 2. The van der Waals surface area contributed by atoms with Gasteiger partial charge in [-0.05, 0) is 37.8 Å². The van der Waals surface area contributed by atoms with Gasteiger partial charge in [-0.15, -0.1) is 0 Å². The summed E-state index contributed by atoms with van der Waals surface area (Å²) in [5, 5.41) is 33.3. The van der Waals surface area contributed by atoms with Gasteiger partial charge in [-0.25, -0.2) is 9.59 Å². The first kappa shape index (κ1) is 15.1. The minimum atomic E-state index is -1.27. The van der Waals surface area contributed by atoms with Crippen LogP contribution in [0.4, 0.5) is 10.5 Å². The molecule has 0 saturated heterocycles. The molecule has 1 fully saturated rings. The van der Waals surface area contributed by atoms with Gasteiger partial charge in [0, 0.05) is 6.04 Å². The first-order valence-electron chi connectivity index (χ1n) is 6.78.